The second-order valence-corrected chi connectivity index (χ2v) is 2.15. The van der Waals surface area contributed by atoms with Crippen molar-refractivity contribution in [3.05, 3.63) is 0 Å². The van der Waals surface area contributed by atoms with Crippen molar-refractivity contribution in [1.29, 1.82) is 0 Å². The first-order valence-electron chi connectivity index (χ1n) is 2.78. The Labute approximate surface area is 48.5 Å². The largest absolute Gasteiger partial charge is 0.344 e. The van der Waals surface area contributed by atoms with Crippen molar-refractivity contribution in [1.82, 2.24) is 4.90 Å². The van der Waals surface area contributed by atoms with Crippen molar-refractivity contribution in [3.63, 3.8) is 0 Å². The molecule has 3 nitrogen and oxygen atoms in total. The number of carbonyl (C=O) groups is 1. The lowest BCUT2D eigenvalue weighted by atomic mass is 10.3. The highest BCUT2D eigenvalue weighted by molar-refractivity contribution is 5.47. The van der Waals surface area contributed by atoms with E-state index in [4.69, 9.17) is 5.73 Å². The summed E-state index contributed by atoms with van der Waals surface area (Å²) in [4.78, 5) is 11.7. The molecular weight excluding hydrogens is 104 g/mol. The van der Waals surface area contributed by atoms with Crippen molar-refractivity contribution in [2.24, 2.45) is 5.73 Å². The molecule has 0 radical (unpaired) electrons. The zero-order valence-electron chi connectivity index (χ0n) is 4.71. The molecule has 1 aliphatic rings. The van der Waals surface area contributed by atoms with Crippen LogP contribution in [0.4, 0.5) is 0 Å². The van der Waals surface area contributed by atoms with Crippen LogP contribution in [0.2, 0.25) is 0 Å². The van der Waals surface area contributed by atoms with E-state index in [0.717, 1.165) is 25.9 Å². The van der Waals surface area contributed by atoms with Gasteiger partial charge in [-0.15, -0.1) is 0 Å². The average molecular weight is 114 g/mol. The Bertz CT molecular complexity index is 94.4. The standard InChI is InChI=1S/C5H10N2O/c6-5-1-2-7(3-5)4-8/h4-5H,1-3,6H2/t5-/m1/s1. The number of amides is 1. The minimum Gasteiger partial charge on any atom is -0.344 e. The number of likely N-dealkylation sites (tertiary alicyclic amines) is 1. The smallest absolute Gasteiger partial charge is 0.209 e. The maximum atomic E-state index is 10.0. The van der Waals surface area contributed by atoms with Gasteiger partial charge in [-0.3, -0.25) is 4.79 Å². The summed E-state index contributed by atoms with van der Waals surface area (Å²) in [7, 11) is 0. The average Bonchev–Trinajstić information content (AvgIpc) is 2.14. The lowest BCUT2D eigenvalue weighted by molar-refractivity contribution is -0.117. The van der Waals surface area contributed by atoms with Gasteiger partial charge in [-0.2, -0.15) is 0 Å². The molecular formula is C5H10N2O. The highest BCUT2D eigenvalue weighted by atomic mass is 16.1. The van der Waals surface area contributed by atoms with Gasteiger partial charge in [-0.25, -0.2) is 0 Å². The van der Waals surface area contributed by atoms with Gasteiger partial charge in [0.05, 0.1) is 0 Å². The van der Waals surface area contributed by atoms with E-state index >= 15 is 0 Å². The molecule has 1 heterocycles. The van der Waals surface area contributed by atoms with E-state index in [9.17, 15) is 4.79 Å². The third-order valence-corrected chi connectivity index (χ3v) is 1.41. The van der Waals surface area contributed by atoms with Crippen LogP contribution in [0.3, 0.4) is 0 Å². The molecule has 0 bridgehead atoms. The fourth-order valence-electron chi connectivity index (χ4n) is 0.911. The van der Waals surface area contributed by atoms with E-state index in [1.807, 2.05) is 0 Å². The fraction of sp³-hybridized carbons (Fsp3) is 0.800. The Hall–Kier alpha value is -0.570. The number of nitrogens with zero attached hydrogens (tertiary/aromatic N) is 1. The molecule has 1 saturated heterocycles. The summed E-state index contributed by atoms with van der Waals surface area (Å²) in [6.45, 7) is 1.58. The predicted octanol–water partition coefficient (Wildman–Crippen LogP) is -0.824. The highest BCUT2D eigenvalue weighted by Gasteiger charge is 2.15. The van der Waals surface area contributed by atoms with E-state index in [1.54, 1.807) is 4.90 Å². The summed E-state index contributed by atoms with van der Waals surface area (Å²) < 4.78 is 0. The molecule has 1 atom stereocenters. The second kappa shape index (κ2) is 2.13. The summed E-state index contributed by atoms with van der Waals surface area (Å²) in [6.07, 6.45) is 1.81. The van der Waals surface area contributed by atoms with Gasteiger partial charge in [-0.1, -0.05) is 0 Å². The summed E-state index contributed by atoms with van der Waals surface area (Å²) in [5, 5.41) is 0. The Balaban J connectivity index is 2.32. The SMILES string of the molecule is N[C@@H]1CCN(C=O)C1. The molecule has 46 valence electrons. The van der Waals surface area contributed by atoms with Crippen LogP contribution in [0.1, 0.15) is 6.42 Å². The summed E-state index contributed by atoms with van der Waals surface area (Å²) in [5.41, 5.74) is 5.50. The van der Waals surface area contributed by atoms with Gasteiger partial charge in [0, 0.05) is 19.1 Å². The van der Waals surface area contributed by atoms with E-state index < -0.39 is 0 Å². The van der Waals surface area contributed by atoms with Crippen molar-refractivity contribution in [2.45, 2.75) is 12.5 Å². The van der Waals surface area contributed by atoms with E-state index in [1.165, 1.54) is 0 Å². The maximum Gasteiger partial charge on any atom is 0.209 e. The van der Waals surface area contributed by atoms with Gasteiger partial charge in [0.2, 0.25) is 6.41 Å². The molecule has 2 N–H and O–H groups in total. The number of nitrogens with two attached hydrogens (primary N) is 1. The molecule has 8 heavy (non-hydrogen) atoms. The molecule has 0 aromatic carbocycles. The van der Waals surface area contributed by atoms with Crippen molar-refractivity contribution in [3.8, 4) is 0 Å². The number of hydrogen-bond donors (Lipinski definition) is 1. The molecule has 0 aromatic heterocycles. The predicted molar refractivity (Wildman–Crippen MR) is 30.2 cm³/mol. The Morgan fingerprint density at radius 2 is 2.50 bits per heavy atom. The third kappa shape index (κ3) is 0.980. The Morgan fingerprint density at radius 3 is 2.75 bits per heavy atom. The molecule has 0 aromatic rings. The lowest BCUT2D eigenvalue weighted by Gasteiger charge is -2.04. The normalized spacial score (nSPS) is 28.6. The second-order valence-electron chi connectivity index (χ2n) is 2.15. The van der Waals surface area contributed by atoms with Crippen LogP contribution in [0.5, 0.6) is 0 Å². The molecule has 1 fully saturated rings. The third-order valence-electron chi connectivity index (χ3n) is 1.41. The Morgan fingerprint density at radius 1 is 1.75 bits per heavy atom. The van der Waals surface area contributed by atoms with Crippen LogP contribution >= 0.6 is 0 Å². The van der Waals surface area contributed by atoms with Crippen LogP contribution in [-0.4, -0.2) is 30.4 Å². The molecule has 0 spiro atoms. The first kappa shape index (κ1) is 5.56. The van der Waals surface area contributed by atoms with E-state index in [-0.39, 0.29) is 6.04 Å². The molecule has 1 rings (SSSR count). The number of rotatable bonds is 1. The van der Waals surface area contributed by atoms with E-state index in [0.29, 0.717) is 0 Å². The van der Waals surface area contributed by atoms with Crippen molar-refractivity contribution < 1.29 is 4.79 Å². The van der Waals surface area contributed by atoms with Crippen LogP contribution in [-0.2, 0) is 4.79 Å². The lowest BCUT2D eigenvalue weighted by Crippen LogP contribution is -2.25. The molecule has 0 unspecified atom stereocenters. The highest BCUT2D eigenvalue weighted by Crippen LogP contribution is 2.02. The zero-order valence-corrected chi connectivity index (χ0v) is 4.71. The van der Waals surface area contributed by atoms with Gasteiger partial charge in [0.1, 0.15) is 0 Å². The van der Waals surface area contributed by atoms with Gasteiger partial charge >= 0.3 is 0 Å². The fourth-order valence-corrected chi connectivity index (χ4v) is 0.911. The minimum absolute atomic E-state index is 0.222. The van der Waals surface area contributed by atoms with Gasteiger partial charge in [0.15, 0.2) is 0 Å². The number of carbonyl (C=O) groups excluding carboxylic acids is 1. The van der Waals surface area contributed by atoms with Crippen LogP contribution in [0, 0.1) is 0 Å². The van der Waals surface area contributed by atoms with Crippen LogP contribution in [0.15, 0.2) is 0 Å². The van der Waals surface area contributed by atoms with Gasteiger partial charge in [-0.05, 0) is 6.42 Å². The first-order chi connectivity index (χ1) is 3.83. The summed E-state index contributed by atoms with van der Waals surface area (Å²) in [6, 6.07) is 0.222. The monoisotopic (exact) mass is 114 g/mol. The number of hydrogen-bond acceptors (Lipinski definition) is 2. The van der Waals surface area contributed by atoms with Crippen molar-refractivity contribution >= 4 is 6.41 Å². The van der Waals surface area contributed by atoms with Gasteiger partial charge < -0.3 is 10.6 Å². The Kier molecular flexibility index (Phi) is 1.48. The maximum absolute atomic E-state index is 10.0. The van der Waals surface area contributed by atoms with Crippen molar-refractivity contribution in [2.75, 3.05) is 13.1 Å². The topological polar surface area (TPSA) is 46.3 Å². The molecule has 0 saturated carbocycles. The molecule has 3 heteroatoms. The zero-order chi connectivity index (χ0) is 5.98. The molecule has 0 aliphatic carbocycles. The van der Waals surface area contributed by atoms with Crippen LogP contribution < -0.4 is 5.73 Å². The quantitative estimate of drug-likeness (QED) is 0.452. The summed E-state index contributed by atoms with van der Waals surface area (Å²) >= 11 is 0. The molecule has 1 amide bonds. The minimum atomic E-state index is 0.222. The van der Waals surface area contributed by atoms with Gasteiger partial charge in [0.25, 0.3) is 0 Å². The molecule has 1 aliphatic heterocycles. The first-order valence-corrected chi connectivity index (χ1v) is 2.78. The summed E-state index contributed by atoms with van der Waals surface area (Å²) in [5.74, 6) is 0. The van der Waals surface area contributed by atoms with Crippen LogP contribution in [0.25, 0.3) is 0 Å². The van der Waals surface area contributed by atoms with E-state index in [2.05, 4.69) is 0 Å².